The lowest BCUT2D eigenvalue weighted by atomic mass is 10.1. The molecule has 0 aromatic carbocycles. The minimum absolute atomic E-state index is 0.0406. The van der Waals surface area contributed by atoms with Crippen LogP contribution in [0.2, 0.25) is 0 Å². The zero-order valence-corrected chi connectivity index (χ0v) is 7.77. The number of methoxy groups -OCH3 is 1. The summed E-state index contributed by atoms with van der Waals surface area (Å²) < 4.78 is 9.91. The highest BCUT2D eigenvalue weighted by Crippen LogP contribution is 2.13. The molecule has 0 saturated carbocycles. The quantitative estimate of drug-likeness (QED) is 0.719. The maximum atomic E-state index is 10.4. The first-order chi connectivity index (χ1) is 6.65. The highest BCUT2D eigenvalue weighted by molar-refractivity contribution is 5.72. The summed E-state index contributed by atoms with van der Waals surface area (Å²) >= 11 is 0. The van der Waals surface area contributed by atoms with Gasteiger partial charge in [0.25, 0.3) is 0 Å². The number of carboxylic acid groups (broad SMARTS) is 1. The molecule has 0 saturated heterocycles. The smallest absolute Gasteiger partial charge is 0.332 e. The van der Waals surface area contributed by atoms with Crippen molar-refractivity contribution in [2.75, 3.05) is 7.11 Å². The van der Waals surface area contributed by atoms with E-state index in [-0.39, 0.29) is 6.42 Å². The van der Waals surface area contributed by atoms with Crippen LogP contribution in [0.3, 0.4) is 0 Å². The molecule has 0 aliphatic heterocycles. The second-order valence-corrected chi connectivity index (χ2v) is 2.86. The molecule has 1 rings (SSSR count). The molecular formula is C9H12O5. The third kappa shape index (κ3) is 2.58. The van der Waals surface area contributed by atoms with Crippen LogP contribution in [0.5, 0.6) is 0 Å². The van der Waals surface area contributed by atoms with Crippen LogP contribution in [0.4, 0.5) is 0 Å². The topological polar surface area (TPSA) is 79.9 Å². The van der Waals surface area contributed by atoms with Crippen LogP contribution in [0.15, 0.2) is 16.7 Å². The highest BCUT2D eigenvalue weighted by atomic mass is 16.5. The summed E-state index contributed by atoms with van der Waals surface area (Å²) in [5, 5.41) is 17.6. The molecular weight excluding hydrogens is 188 g/mol. The Kier molecular flexibility index (Phi) is 3.67. The van der Waals surface area contributed by atoms with Crippen LogP contribution < -0.4 is 0 Å². The van der Waals surface area contributed by atoms with Crippen molar-refractivity contribution in [1.82, 2.24) is 0 Å². The van der Waals surface area contributed by atoms with Crippen molar-refractivity contribution >= 4 is 5.97 Å². The minimum atomic E-state index is -1.43. The minimum Gasteiger partial charge on any atom is -0.479 e. The van der Waals surface area contributed by atoms with Gasteiger partial charge in [-0.15, -0.1) is 0 Å². The van der Waals surface area contributed by atoms with Crippen molar-refractivity contribution in [2.45, 2.75) is 19.1 Å². The molecule has 1 unspecified atom stereocenters. The molecule has 14 heavy (non-hydrogen) atoms. The Balaban J connectivity index is 2.66. The maximum Gasteiger partial charge on any atom is 0.332 e. The first-order valence-electron chi connectivity index (χ1n) is 4.10. The van der Waals surface area contributed by atoms with Crippen LogP contribution in [0.25, 0.3) is 0 Å². The van der Waals surface area contributed by atoms with Gasteiger partial charge in [0.15, 0.2) is 6.10 Å². The Bertz CT molecular complexity index is 304. The number of hydrogen-bond acceptors (Lipinski definition) is 4. The molecule has 1 heterocycles. The Labute approximate surface area is 80.9 Å². The predicted molar refractivity (Wildman–Crippen MR) is 46.8 cm³/mol. The van der Waals surface area contributed by atoms with Crippen molar-refractivity contribution in [3.05, 3.63) is 23.7 Å². The molecule has 0 aliphatic carbocycles. The number of carbonyl (C=O) groups is 1. The lowest BCUT2D eigenvalue weighted by Gasteiger charge is -2.04. The third-order valence-corrected chi connectivity index (χ3v) is 1.80. The van der Waals surface area contributed by atoms with Gasteiger partial charge in [-0.3, -0.25) is 0 Å². The molecule has 78 valence electrons. The number of carboxylic acids is 1. The molecule has 5 heteroatoms. The van der Waals surface area contributed by atoms with Crippen molar-refractivity contribution in [3.8, 4) is 0 Å². The number of aliphatic hydroxyl groups is 1. The fourth-order valence-corrected chi connectivity index (χ4v) is 1.09. The van der Waals surface area contributed by atoms with Gasteiger partial charge in [-0.2, -0.15) is 0 Å². The average Bonchev–Trinajstić information content (AvgIpc) is 2.53. The summed E-state index contributed by atoms with van der Waals surface area (Å²) in [6.45, 7) is 0.345. The lowest BCUT2D eigenvalue weighted by Crippen LogP contribution is -2.22. The van der Waals surface area contributed by atoms with Gasteiger partial charge in [0.05, 0.1) is 12.9 Å². The van der Waals surface area contributed by atoms with Gasteiger partial charge in [-0.25, -0.2) is 4.79 Å². The normalized spacial score (nSPS) is 12.7. The van der Waals surface area contributed by atoms with E-state index in [1.165, 1.54) is 13.4 Å². The second kappa shape index (κ2) is 4.78. The first-order valence-corrected chi connectivity index (χ1v) is 4.10. The van der Waals surface area contributed by atoms with Crippen LogP contribution in [-0.2, 0) is 22.6 Å². The van der Waals surface area contributed by atoms with Crippen molar-refractivity contribution in [2.24, 2.45) is 0 Å². The van der Waals surface area contributed by atoms with Gasteiger partial charge in [0.2, 0.25) is 0 Å². The van der Waals surface area contributed by atoms with Gasteiger partial charge in [-0.1, -0.05) is 0 Å². The predicted octanol–water partition coefficient (Wildman–Crippen LogP) is 0.414. The maximum absolute atomic E-state index is 10.4. The van der Waals surface area contributed by atoms with Crippen molar-refractivity contribution in [3.63, 3.8) is 0 Å². The van der Waals surface area contributed by atoms with E-state index in [0.717, 1.165) is 5.56 Å². The Morgan fingerprint density at radius 1 is 1.71 bits per heavy atom. The standard InChI is InChI=1S/C9H12O5/c1-13-5-6-2-3-14-8(6)4-7(10)9(11)12/h2-3,7,10H,4-5H2,1H3,(H,11,12). The fourth-order valence-electron chi connectivity index (χ4n) is 1.09. The van der Waals surface area contributed by atoms with Gasteiger partial charge >= 0.3 is 5.97 Å². The molecule has 0 fully saturated rings. The molecule has 0 aliphatic rings. The molecule has 0 radical (unpaired) electrons. The van der Waals surface area contributed by atoms with Crippen LogP contribution >= 0.6 is 0 Å². The Morgan fingerprint density at radius 2 is 2.43 bits per heavy atom. The van der Waals surface area contributed by atoms with Gasteiger partial charge < -0.3 is 19.4 Å². The highest BCUT2D eigenvalue weighted by Gasteiger charge is 2.17. The summed E-state index contributed by atoms with van der Waals surface area (Å²) in [5.41, 5.74) is 0.757. The van der Waals surface area contributed by atoms with E-state index < -0.39 is 12.1 Å². The molecule has 1 aromatic rings. The van der Waals surface area contributed by atoms with E-state index in [1.807, 2.05) is 0 Å². The molecule has 5 nitrogen and oxygen atoms in total. The van der Waals surface area contributed by atoms with Gasteiger partial charge in [0, 0.05) is 19.1 Å². The van der Waals surface area contributed by atoms with Crippen LogP contribution in [0, 0.1) is 0 Å². The van der Waals surface area contributed by atoms with Crippen LogP contribution in [-0.4, -0.2) is 29.4 Å². The van der Waals surface area contributed by atoms with E-state index in [1.54, 1.807) is 6.07 Å². The number of aliphatic carboxylic acids is 1. The van der Waals surface area contributed by atoms with E-state index in [9.17, 15) is 4.79 Å². The van der Waals surface area contributed by atoms with E-state index in [4.69, 9.17) is 19.4 Å². The summed E-state index contributed by atoms with van der Waals surface area (Å²) in [4.78, 5) is 10.4. The summed E-state index contributed by atoms with van der Waals surface area (Å²) in [6.07, 6.45) is -0.0315. The number of ether oxygens (including phenoxy) is 1. The SMILES string of the molecule is COCc1ccoc1CC(O)C(=O)O. The molecule has 0 amide bonds. The van der Waals surface area contributed by atoms with Crippen molar-refractivity contribution in [1.29, 1.82) is 0 Å². The van der Waals surface area contributed by atoms with E-state index >= 15 is 0 Å². The Morgan fingerprint density at radius 3 is 3.00 bits per heavy atom. The Hall–Kier alpha value is -1.33. The number of rotatable bonds is 5. The largest absolute Gasteiger partial charge is 0.479 e. The zero-order chi connectivity index (χ0) is 10.6. The monoisotopic (exact) mass is 200 g/mol. The first kappa shape index (κ1) is 10.7. The molecule has 1 aromatic heterocycles. The number of furan rings is 1. The van der Waals surface area contributed by atoms with E-state index in [2.05, 4.69) is 0 Å². The summed E-state index contributed by atoms with van der Waals surface area (Å²) in [7, 11) is 1.53. The average molecular weight is 200 g/mol. The zero-order valence-electron chi connectivity index (χ0n) is 7.77. The fraction of sp³-hybridized carbons (Fsp3) is 0.444. The third-order valence-electron chi connectivity index (χ3n) is 1.80. The molecule has 1 atom stereocenters. The van der Waals surface area contributed by atoms with Gasteiger partial charge in [0.1, 0.15) is 5.76 Å². The summed E-state index contributed by atoms with van der Waals surface area (Å²) in [5.74, 6) is -0.813. The molecule has 0 spiro atoms. The number of hydrogen-bond donors (Lipinski definition) is 2. The summed E-state index contributed by atoms with van der Waals surface area (Å²) in [6, 6.07) is 1.69. The molecule has 0 bridgehead atoms. The second-order valence-electron chi connectivity index (χ2n) is 2.86. The number of aliphatic hydroxyl groups excluding tert-OH is 1. The van der Waals surface area contributed by atoms with E-state index in [0.29, 0.717) is 12.4 Å². The van der Waals surface area contributed by atoms with Crippen molar-refractivity contribution < 1.29 is 24.2 Å². The van der Waals surface area contributed by atoms with Gasteiger partial charge in [-0.05, 0) is 6.07 Å². The lowest BCUT2D eigenvalue weighted by molar-refractivity contribution is -0.146. The molecule has 2 N–H and O–H groups in total. The van der Waals surface area contributed by atoms with Crippen LogP contribution in [0.1, 0.15) is 11.3 Å².